The number of aromatic nitrogens is 1. The third-order valence-corrected chi connectivity index (χ3v) is 5.03. The van der Waals surface area contributed by atoms with Crippen LogP contribution in [0.4, 0.5) is 4.39 Å². The fourth-order valence-corrected chi connectivity index (χ4v) is 3.41. The fourth-order valence-electron chi connectivity index (χ4n) is 3.41. The van der Waals surface area contributed by atoms with Gasteiger partial charge < -0.3 is 13.7 Å². The van der Waals surface area contributed by atoms with Crippen LogP contribution >= 0.6 is 0 Å². The predicted molar refractivity (Wildman–Crippen MR) is 120 cm³/mol. The molecule has 0 radical (unpaired) electrons. The van der Waals surface area contributed by atoms with Crippen LogP contribution in [-0.2, 0) is 6.61 Å². The number of hydrazone groups is 1. The van der Waals surface area contributed by atoms with Gasteiger partial charge in [-0.1, -0.05) is 18.2 Å². The van der Waals surface area contributed by atoms with Gasteiger partial charge >= 0.3 is 5.91 Å². The number of hydrogen-bond donors (Lipinski definition) is 1. The number of aryl methyl sites for hydroxylation is 1. The Labute approximate surface area is 184 Å². The molecule has 2 heterocycles. The number of benzene rings is 2. The monoisotopic (exact) mass is 431 g/mol. The molecule has 0 unspecified atom stereocenters. The van der Waals surface area contributed by atoms with Gasteiger partial charge in [-0.2, -0.15) is 5.10 Å². The van der Waals surface area contributed by atoms with Gasteiger partial charge in [0.15, 0.2) is 5.76 Å². The number of halogens is 1. The molecule has 162 valence electrons. The number of amides is 1. The molecule has 0 bridgehead atoms. The molecular weight excluding hydrogens is 409 g/mol. The van der Waals surface area contributed by atoms with Crippen molar-refractivity contribution in [2.75, 3.05) is 0 Å². The third kappa shape index (κ3) is 4.62. The largest absolute Gasteiger partial charge is 0.489 e. The maximum Gasteiger partial charge on any atom is 0.307 e. The summed E-state index contributed by atoms with van der Waals surface area (Å²) in [6.07, 6.45) is 3.04. The fraction of sp³-hybridized carbons (Fsp3) is 0.120. The summed E-state index contributed by atoms with van der Waals surface area (Å²) in [5.41, 5.74) is 6.78. The van der Waals surface area contributed by atoms with E-state index in [1.165, 1.54) is 12.3 Å². The van der Waals surface area contributed by atoms with E-state index in [2.05, 4.69) is 15.1 Å². The molecule has 4 aromatic rings. The molecule has 1 N–H and O–H groups in total. The van der Waals surface area contributed by atoms with Crippen LogP contribution in [0.15, 0.2) is 82.5 Å². The van der Waals surface area contributed by atoms with E-state index in [4.69, 9.17) is 9.15 Å². The SMILES string of the molecule is Cc1cc(/C=N\NC(=O)c2ccco2)c(C)n1-c1ccc(OCc2ccccc2F)cc1. The highest BCUT2D eigenvalue weighted by molar-refractivity contribution is 5.92. The summed E-state index contributed by atoms with van der Waals surface area (Å²) in [7, 11) is 0. The van der Waals surface area contributed by atoms with Gasteiger partial charge in [0, 0.05) is 28.2 Å². The molecule has 6 nitrogen and oxygen atoms in total. The highest BCUT2D eigenvalue weighted by Gasteiger charge is 2.11. The second kappa shape index (κ2) is 9.34. The number of furan rings is 1. The Morgan fingerprint density at radius 3 is 2.62 bits per heavy atom. The van der Waals surface area contributed by atoms with E-state index < -0.39 is 5.91 Å². The van der Waals surface area contributed by atoms with E-state index in [1.807, 2.05) is 44.2 Å². The summed E-state index contributed by atoms with van der Waals surface area (Å²) in [4.78, 5) is 11.9. The smallest absolute Gasteiger partial charge is 0.307 e. The topological polar surface area (TPSA) is 68.8 Å². The van der Waals surface area contributed by atoms with E-state index in [9.17, 15) is 9.18 Å². The van der Waals surface area contributed by atoms with Crippen LogP contribution in [0.3, 0.4) is 0 Å². The van der Waals surface area contributed by atoms with Gasteiger partial charge in [0.25, 0.3) is 0 Å². The minimum Gasteiger partial charge on any atom is -0.489 e. The normalized spacial score (nSPS) is 11.1. The zero-order valence-corrected chi connectivity index (χ0v) is 17.7. The second-order valence-corrected chi connectivity index (χ2v) is 7.21. The first-order valence-electron chi connectivity index (χ1n) is 10.1. The molecule has 32 heavy (non-hydrogen) atoms. The van der Waals surface area contributed by atoms with Crippen molar-refractivity contribution in [1.29, 1.82) is 0 Å². The number of carbonyl (C=O) groups excluding carboxylic acids is 1. The summed E-state index contributed by atoms with van der Waals surface area (Å²) in [6, 6.07) is 19.3. The number of nitrogens with zero attached hydrogens (tertiary/aromatic N) is 2. The van der Waals surface area contributed by atoms with Gasteiger partial charge in [-0.15, -0.1) is 0 Å². The van der Waals surface area contributed by atoms with Crippen molar-refractivity contribution in [2.24, 2.45) is 5.10 Å². The number of carbonyl (C=O) groups is 1. The zero-order chi connectivity index (χ0) is 22.5. The predicted octanol–water partition coefficient (Wildman–Crippen LogP) is 5.17. The third-order valence-electron chi connectivity index (χ3n) is 5.03. The first-order valence-corrected chi connectivity index (χ1v) is 10.1. The highest BCUT2D eigenvalue weighted by atomic mass is 19.1. The number of rotatable bonds is 7. The highest BCUT2D eigenvalue weighted by Crippen LogP contribution is 2.23. The molecular formula is C25H22FN3O3. The minimum atomic E-state index is -0.411. The Balaban J connectivity index is 1.44. The van der Waals surface area contributed by atoms with Crippen molar-refractivity contribution < 1.29 is 18.3 Å². The molecule has 1 amide bonds. The molecule has 0 spiro atoms. The molecule has 0 saturated carbocycles. The second-order valence-electron chi connectivity index (χ2n) is 7.21. The van der Waals surface area contributed by atoms with Gasteiger partial charge in [0.2, 0.25) is 0 Å². The van der Waals surface area contributed by atoms with Gasteiger partial charge in [-0.3, -0.25) is 4.79 Å². The summed E-state index contributed by atoms with van der Waals surface area (Å²) >= 11 is 0. The van der Waals surface area contributed by atoms with Crippen LogP contribution in [0.2, 0.25) is 0 Å². The van der Waals surface area contributed by atoms with Gasteiger partial charge in [-0.25, -0.2) is 9.82 Å². The van der Waals surface area contributed by atoms with E-state index in [0.717, 1.165) is 22.6 Å². The molecule has 2 aromatic carbocycles. The molecule has 0 aliphatic carbocycles. The first-order chi connectivity index (χ1) is 15.5. The lowest BCUT2D eigenvalue weighted by Crippen LogP contribution is -2.16. The lowest BCUT2D eigenvalue weighted by Gasteiger charge is -2.12. The Kier molecular flexibility index (Phi) is 6.17. The molecule has 4 rings (SSSR count). The average molecular weight is 431 g/mol. The van der Waals surface area contributed by atoms with E-state index in [-0.39, 0.29) is 18.2 Å². The van der Waals surface area contributed by atoms with Crippen LogP contribution in [0.1, 0.15) is 33.1 Å². The average Bonchev–Trinajstić information content (AvgIpc) is 3.42. The zero-order valence-electron chi connectivity index (χ0n) is 17.7. The molecule has 2 aromatic heterocycles. The molecule has 0 fully saturated rings. The first kappa shape index (κ1) is 21.1. The maximum atomic E-state index is 13.8. The molecule has 0 atom stereocenters. The van der Waals surface area contributed by atoms with Crippen molar-refractivity contribution in [3.05, 3.63) is 107 Å². The Hall–Kier alpha value is -4.13. The number of hydrogen-bond acceptors (Lipinski definition) is 4. The Morgan fingerprint density at radius 1 is 1.12 bits per heavy atom. The van der Waals surface area contributed by atoms with Crippen LogP contribution in [0.25, 0.3) is 5.69 Å². The molecule has 7 heteroatoms. The summed E-state index contributed by atoms with van der Waals surface area (Å²) in [5.74, 6) is 0.162. The summed E-state index contributed by atoms with van der Waals surface area (Å²) in [5, 5.41) is 4.03. The van der Waals surface area contributed by atoms with Crippen molar-refractivity contribution in [3.8, 4) is 11.4 Å². The number of ether oxygens (including phenoxy) is 1. The van der Waals surface area contributed by atoms with Crippen molar-refractivity contribution in [2.45, 2.75) is 20.5 Å². The Morgan fingerprint density at radius 2 is 1.91 bits per heavy atom. The summed E-state index contributed by atoms with van der Waals surface area (Å²) < 4.78 is 26.6. The molecule has 0 aliphatic rings. The lowest BCUT2D eigenvalue weighted by atomic mass is 10.2. The van der Waals surface area contributed by atoms with E-state index in [0.29, 0.717) is 11.3 Å². The van der Waals surface area contributed by atoms with Crippen molar-refractivity contribution in [3.63, 3.8) is 0 Å². The van der Waals surface area contributed by atoms with Gasteiger partial charge in [0.1, 0.15) is 18.2 Å². The van der Waals surface area contributed by atoms with Crippen LogP contribution < -0.4 is 10.2 Å². The van der Waals surface area contributed by atoms with Crippen LogP contribution in [0.5, 0.6) is 5.75 Å². The lowest BCUT2D eigenvalue weighted by molar-refractivity contribution is 0.0927. The van der Waals surface area contributed by atoms with Gasteiger partial charge in [-0.05, 0) is 62.4 Å². The standard InChI is InChI=1S/C25H22FN3O3/c1-17-14-20(15-27-28-25(30)24-8-5-13-31-24)18(2)29(17)21-9-11-22(12-10-21)32-16-19-6-3-4-7-23(19)26/h3-15H,16H2,1-2H3,(H,28,30)/b27-15-. The minimum absolute atomic E-state index is 0.165. The van der Waals surface area contributed by atoms with Crippen LogP contribution in [0, 0.1) is 19.7 Å². The molecule has 0 aliphatic heterocycles. The summed E-state index contributed by atoms with van der Waals surface area (Å²) in [6.45, 7) is 4.14. The Bertz CT molecular complexity index is 1240. The van der Waals surface area contributed by atoms with Crippen molar-refractivity contribution in [1.82, 2.24) is 9.99 Å². The van der Waals surface area contributed by atoms with E-state index >= 15 is 0 Å². The van der Waals surface area contributed by atoms with Gasteiger partial charge in [0.05, 0.1) is 12.5 Å². The van der Waals surface area contributed by atoms with Crippen LogP contribution in [-0.4, -0.2) is 16.7 Å². The quantitative estimate of drug-likeness (QED) is 0.324. The maximum absolute atomic E-state index is 13.8. The van der Waals surface area contributed by atoms with Crippen molar-refractivity contribution >= 4 is 12.1 Å². The number of nitrogens with one attached hydrogen (secondary N) is 1. The van der Waals surface area contributed by atoms with E-state index in [1.54, 1.807) is 36.5 Å². The molecule has 0 saturated heterocycles.